The molecule has 0 heterocycles. The second-order valence-corrected chi connectivity index (χ2v) is 23.0. The van der Waals surface area contributed by atoms with Crippen molar-refractivity contribution in [3.63, 3.8) is 0 Å². The minimum atomic E-state index is -4.39. The van der Waals surface area contributed by atoms with E-state index in [9.17, 15) is 25.9 Å². The van der Waals surface area contributed by atoms with Crippen molar-refractivity contribution in [2.45, 2.75) is 36.5 Å². The first-order chi connectivity index (χ1) is 32.5. The van der Waals surface area contributed by atoms with Gasteiger partial charge in [-0.25, -0.2) is 0 Å². The summed E-state index contributed by atoms with van der Waals surface area (Å²) in [5, 5.41) is 4.55. The summed E-state index contributed by atoms with van der Waals surface area (Å²) in [6.07, 6.45) is 6.77. The van der Waals surface area contributed by atoms with Crippen molar-refractivity contribution in [2.24, 2.45) is 0 Å². The van der Waals surface area contributed by atoms with Crippen LogP contribution < -0.4 is 50.8 Å². The molecule has 2 N–H and O–H groups in total. The van der Waals surface area contributed by atoms with Gasteiger partial charge in [0.2, 0.25) is 0 Å². The van der Waals surface area contributed by atoms with E-state index in [2.05, 4.69) is 64.0 Å². The first-order valence-electron chi connectivity index (χ1n) is 21.8. The van der Waals surface area contributed by atoms with Gasteiger partial charge in [0.15, 0.2) is 23.0 Å². The van der Waals surface area contributed by atoms with E-state index in [-0.39, 0.29) is 57.6 Å². The zero-order valence-corrected chi connectivity index (χ0v) is 49.0. The second kappa shape index (κ2) is 35.9. The van der Waals surface area contributed by atoms with Gasteiger partial charge in [0.25, 0.3) is 20.2 Å². The Bertz CT molecular complexity index is 2460. The molecule has 18 heteroatoms. The largest absolute Gasteiger partial charge is 2.00 e. The van der Waals surface area contributed by atoms with Crippen molar-refractivity contribution in [2.75, 3.05) is 69.7 Å². The molecule has 0 bridgehead atoms. The van der Waals surface area contributed by atoms with Crippen LogP contribution in [-0.4, -0.2) is 105 Å². The van der Waals surface area contributed by atoms with E-state index < -0.39 is 36.1 Å². The predicted octanol–water partition coefficient (Wildman–Crippen LogP) is 8.25. The third-order valence-electron chi connectivity index (χ3n) is 10.1. The molecular formula is C54H74N2Ni2O10P2S2+4. The number of likely N-dealkylation sites (N-methyl/N-ethyl adjacent to an activating group) is 2. The van der Waals surface area contributed by atoms with E-state index in [4.69, 9.17) is 18.9 Å². The zero-order chi connectivity index (χ0) is 50.3. The minimum absolute atomic E-state index is 0. The van der Waals surface area contributed by atoms with Crippen LogP contribution in [0.3, 0.4) is 0 Å². The number of benzene rings is 6. The molecule has 0 saturated carbocycles. The molecule has 0 aliphatic heterocycles. The maximum Gasteiger partial charge on any atom is 2.00 e. The average Bonchev–Trinajstić information content (AvgIpc) is 3.34. The normalized spacial score (nSPS) is 10.7. The van der Waals surface area contributed by atoms with Crippen LogP contribution in [0.15, 0.2) is 168 Å². The molecule has 0 spiro atoms. The van der Waals surface area contributed by atoms with Crippen LogP contribution in [0.25, 0.3) is 0 Å². The van der Waals surface area contributed by atoms with Crippen molar-refractivity contribution in [3.05, 3.63) is 173 Å². The van der Waals surface area contributed by atoms with Crippen LogP contribution in [0.5, 0.6) is 23.0 Å². The Morgan fingerprint density at radius 3 is 0.889 bits per heavy atom. The Kier molecular flexibility index (Phi) is 34.9. The SMILES string of the molecule is C/C=C/CCC.CN(C)CCN(C)C.COc1ccccc1[PH+](c1ccccc1OC)c1ccccc1S(=O)(=O)O.COc1ccccc1[PH+](c1ccccc1OC)c1ccccc1S(=O)(=O)O.[CH3-].[CH3-].[Ni+2].[Ni+2]. The van der Waals surface area contributed by atoms with Gasteiger partial charge < -0.3 is 43.6 Å². The molecule has 0 unspecified atom stereocenters. The maximum absolute atomic E-state index is 12.0. The summed E-state index contributed by atoms with van der Waals surface area (Å²) in [7, 11) is 2.16. The van der Waals surface area contributed by atoms with E-state index in [0.29, 0.717) is 33.6 Å². The summed E-state index contributed by atoms with van der Waals surface area (Å²) < 4.78 is 89.9. The molecule has 0 aliphatic rings. The van der Waals surface area contributed by atoms with Gasteiger partial charge in [-0.15, -0.1) is 0 Å². The van der Waals surface area contributed by atoms with Crippen molar-refractivity contribution < 1.29 is 77.9 Å². The van der Waals surface area contributed by atoms with Crippen LogP contribution in [0.1, 0.15) is 26.7 Å². The number of para-hydroxylation sites is 4. The Hall–Kier alpha value is -4.15. The number of methoxy groups -OCH3 is 4. The third kappa shape index (κ3) is 21.4. The molecule has 0 saturated heterocycles. The number of ether oxygens (including phenoxy) is 4. The fourth-order valence-electron chi connectivity index (χ4n) is 6.80. The smallest absolute Gasteiger partial charge is 0.493 e. The summed E-state index contributed by atoms with van der Waals surface area (Å²) in [6, 6.07) is 43.0. The summed E-state index contributed by atoms with van der Waals surface area (Å²) in [5.41, 5.74) is 0. The van der Waals surface area contributed by atoms with Crippen LogP contribution in [0, 0.1) is 14.9 Å². The van der Waals surface area contributed by atoms with Gasteiger partial charge >= 0.3 is 33.0 Å². The predicted molar refractivity (Wildman–Crippen MR) is 299 cm³/mol. The van der Waals surface area contributed by atoms with Crippen molar-refractivity contribution in [1.82, 2.24) is 9.80 Å². The van der Waals surface area contributed by atoms with Gasteiger partial charge in [-0.3, -0.25) is 9.11 Å². The molecule has 6 rings (SSSR count). The van der Waals surface area contributed by atoms with E-state index in [1.807, 2.05) is 97.1 Å². The monoisotopic (exact) mass is 1150 g/mol. The molecule has 6 aromatic rings. The zero-order valence-electron chi connectivity index (χ0n) is 43.3. The van der Waals surface area contributed by atoms with Crippen LogP contribution in [-0.2, 0) is 53.2 Å². The minimum Gasteiger partial charge on any atom is -0.493 e. The Morgan fingerprint density at radius 1 is 0.458 bits per heavy atom. The van der Waals surface area contributed by atoms with Gasteiger partial charge in [-0.1, -0.05) is 98.3 Å². The number of hydrogen-bond acceptors (Lipinski definition) is 10. The average molecular weight is 1150 g/mol. The number of rotatable bonds is 17. The molecule has 398 valence electrons. The molecular weight excluding hydrogens is 1080 g/mol. The molecule has 0 amide bonds. The van der Waals surface area contributed by atoms with Gasteiger partial charge in [0.05, 0.1) is 28.4 Å². The van der Waals surface area contributed by atoms with E-state index >= 15 is 0 Å². The van der Waals surface area contributed by atoms with Crippen LogP contribution in [0.4, 0.5) is 0 Å². The van der Waals surface area contributed by atoms with Crippen LogP contribution in [0.2, 0.25) is 0 Å². The Morgan fingerprint density at radius 2 is 0.694 bits per heavy atom. The molecule has 6 aromatic carbocycles. The van der Waals surface area contributed by atoms with E-state index in [1.165, 1.54) is 25.0 Å². The third-order valence-corrected chi connectivity index (χ3v) is 18.0. The summed E-state index contributed by atoms with van der Waals surface area (Å²) in [5.74, 6) is 2.62. The molecule has 12 nitrogen and oxygen atoms in total. The van der Waals surface area contributed by atoms with E-state index in [0.717, 1.165) is 34.3 Å². The Labute approximate surface area is 454 Å². The number of hydrogen-bond donors (Lipinski definition) is 2. The van der Waals surface area contributed by atoms with Crippen molar-refractivity contribution >= 4 is 67.9 Å². The van der Waals surface area contributed by atoms with Gasteiger partial charge in [0.1, 0.15) is 57.5 Å². The van der Waals surface area contributed by atoms with Crippen molar-refractivity contribution in [1.29, 1.82) is 0 Å². The molecule has 0 radical (unpaired) electrons. The first kappa shape index (κ1) is 69.9. The second-order valence-electron chi connectivity index (χ2n) is 15.5. The molecule has 0 aliphatic carbocycles. The van der Waals surface area contributed by atoms with Gasteiger partial charge in [-0.05, 0) is 114 Å². The molecule has 0 fully saturated rings. The number of unbranched alkanes of at least 4 members (excludes halogenated alkanes) is 1. The van der Waals surface area contributed by atoms with Crippen LogP contribution >= 0.6 is 15.8 Å². The topological polar surface area (TPSA) is 152 Å². The Balaban J connectivity index is 0. The maximum atomic E-state index is 12.0. The number of nitrogens with zero attached hydrogens (tertiary/aromatic N) is 2. The molecule has 72 heavy (non-hydrogen) atoms. The quantitative estimate of drug-likeness (QED) is 0.0298. The van der Waals surface area contributed by atoms with E-state index in [1.54, 1.807) is 64.8 Å². The van der Waals surface area contributed by atoms with Gasteiger partial charge in [0, 0.05) is 13.1 Å². The first-order valence-corrected chi connectivity index (χ1v) is 27.7. The molecule has 0 aromatic heterocycles. The summed E-state index contributed by atoms with van der Waals surface area (Å²) >= 11 is 0. The fourth-order valence-corrected chi connectivity index (χ4v) is 15.1. The van der Waals surface area contributed by atoms with Crippen molar-refractivity contribution in [3.8, 4) is 23.0 Å². The number of allylic oxidation sites excluding steroid dienone is 2. The molecule has 0 atom stereocenters. The fraction of sp³-hybridized carbons (Fsp3) is 0.259. The summed E-state index contributed by atoms with van der Waals surface area (Å²) in [6.45, 7) is 6.52. The standard InChI is InChI=1S/2C20H19O5PS.C6H16N2.C6H12.2CH3.2Ni/c2*1-24-15-9-3-5-11-17(15)26(18-12-6-4-10-16(18)25-2)19-13-7-8-14-20(19)27(21,22)23;1-7(2)5-6-8(3)4;1-3-5-6-4-2;;;;/h2*3-14H,1-2H3,(H,21,22,23);5-6H2,1-4H3;3,5H,4,6H2,1-2H3;2*1H3;;/q;;;;2*-1;2*+2/p+2/b;;;5-3+;;;;. The summed E-state index contributed by atoms with van der Waals surface area (Å²) in [4.78, 5) is 4.16. The van der Waals surface area contributed by atoms with Gasteiger partial charge in [-0.2, -0.15) is 16.8 Å².